The van der Waals surface area contributed by atoms with Crippen LogP contribution in [0.1, 0.15) is 31.1 Å². The Morgan fingerprint density at radius 3 is 2.88 bits per heavy atom. The number of methoxy groups -OCH3 is 1. The molecule has 1 saturated heterocycles. The lowest BCUT2D eigenvalue weighted by molar-refractivity contribution is 0.0169. The normalized spacial score (nSPS) is 21.5. The molecule has 1 aliphatic heterocycles. The van der Waals surface area contributed by atoms with Crippen LogP contribution in [0, 0.1) is 0 Å². The molecule has 0 amide bonds. The molecule has 1 atom stereocenters. The van der Waals surface area contributed by atoms with E-state index in [0.29, 0.717) is 0 Å². The van der Waals surface area contributed by atoms with Crippen molar-refractivity contribution in [3.8, 4) is 0 Å². The third kappa shape index (κ3) is 2.86. The highest BCUT2D eigenvalue weighted by molar-refractivity contribution is 5.29. The third-order valence-corrected chi connectivity index (χ3v) is 3.39. The van der Waals surface area contributed by atoms with Crippen molar-refractivity contribution in [3.63, 3.8) is 0 Å². The van der Waals surface area contributed by atoms with E-state index < -0.39 is 0 Å². The van der Waals surface area contributed by atoms with E-state index in [1.807, 2.05) is 0 Å². The summed E-state index contributed by atoms with van der Waals surface area (Å²) in [6, 6.07) is 8.47. The number of nitrogens with one attached hydrogen (secondary N) is 1. The second-order valence-electron chi connectivity index (χ2n) is 4.90. The molecule has 0 aliphatic carbocycles. The molecule has 1 aromatic rings. The van der Waals surface area contributed by atoms with E-state index in [1.165, 1.54) is 11.1 Å². The van der Waals surface area contributed by atoms with Crippen molar-refractivity contribution in [2.24, 2.45) is 0 Å². The lowest BCUT2D eigenvalue weighted by Crippen LogP contribution is -2.33. The van der Waals surface area contributed by atoms with Gasteiger partial charge in [0.05, 0.1) is 18.3 Å². The summed E-state index contributed by atoms with van der Waals surface area (Å²) >= 11 is 0. The van der Waals surface area contributed by atoms with E-state index in [0.717, 1.165) is 19.7 Å². The second kappa shape index (κ2) is 5.17. The number of morpholine rings is 1. The van der Waals surface area contributed by atoms with Crippen molar-refractivity contribution >= 4 is 0 Å². The Morgan fingerprint density at radius 1 is 1.41 bits per heavy atom. The number of ether oxygens (including phenoxy) is 2. The predicted octanol–water partition coefficient (Wildman–Crippen LogP) is 2.23. The van der Waals surface area contributed by atoms with Gasteiger partial charge in [-0.15, -0.1) is 0 Å². The van der Waals surface area contributed by atoms with Gasteiger partial charge < -0.3 is 14.8 Å². The molecule has 0 spiro atoms. The smallest absolute Gasteiger partial charge is 0.0949 e. The van der Waals surface area contributed by atoms with Crippen molar-refractivity contribution in [2.75, 3.05) is 26.8 Å². The maximum Gasteiger partial charge on any atom is 0.0949 e. The van der Waals surface area contributed by atoms with Gasteiger partial charge in [0, 0.05) is 20.2 Å². The number of hydrogen-bond acceptors (Lipinski definition) is 3. The van der Waals surface area contributed by atoms with Gasteiger partial charge in [-0.3, -0.25) is 0 Å². The highest BCUT2D eigenvalue weighted by Gasteiger charge is 2.22. The molecule has 17 heavy (non-hydrogen) atoms. The van der Waals surface area contributed by atoms with Crippen LogP contribution in [0.3, 0.4) is 0 Å². The van der Waals surface area contributed by atoms with Crippen molar-refractivity contribution in [1.29, 1.82) is 0 Å². The Labute approximate surface area is 103 Å². The van der Waals surface area contributed by atoms with Crippen molar-refractivity contribution in [3.05, 3.63) is 35.4 Å². The van der Waals surface area contributed by atoms with E-state index in [2.05, 4.69) is 43.4 Å². The van der Waals surface area contributed by atoms with Crippen LogP contribution in [0.25, 0.3) is 0 Å². The largest absolute Gasteiger partial charge is 0.374 e. The predicted molar refractivity (Wildman–Crippen MR) is 68.0 cm³/mol. The quantitative estimate of drug-likeness (QED) is 0.871. The second-order valence-corrected chi connectivity index (χ2v) is 4.90. The van der Waals surface area contributed by atoms with Gasteiger partial charge >= 0.3 is 0 Å². The highest BCUT2D eigenvalue weighted by atomic mass is 16.5. The van der Waals surface area contributed by atoms with Gasteiger partial charge in [0.15, 0.2) is 0 Å². The molecule has 1 aromatic carbocycles. The molecule has 3 nitrogen and oxygen atoms in total. The maximum absolute atomic E-state index is 5.76. The lowest BCUT2D eigenvalue weighted by atomic mass is 9.94. The topological polar surface area (TPSA) is 30.5 Å². The van der Waals surface area contributed by atoms with Crippen LogP contribution in [0.4, 0.5) is 0 Å². The summed E-state index contributed by atoms with van der Waals surface area (Å²) in [6.45, 7) is 6.76. The minimum Gasteiger partial charge on any atom is -0.374 e. The molecular weight excluding hydrogens is 214 g/mol. The highest BCUT2D eigenvalue weighted by Crippen LogP contribution is 2.27. The Morgan fingerprint density at radius 2 is 2.24 bits per heavy atom. The minimum absolute atomic E-state index is 0.163. The van der Waals surface area contributed by atoms with Gasteiger partial charge in [-0.05, 0) is 25.0 Å². The monoisotopic (exact) mass is 235 g/mol. The lowest BCUT2D eigenvalue weighted by Gasteiger charge is -2.27. The summed E-state index contributed by atoms with van der Waals surface area (Å²) in [4.78, 5) is 0. The molecule has 0 radical (unpaired) electrons. The van der Waals surface area contributed by atoms with Gasteiger partial charge in [0.1, 0.15) is 0 Å². The Balaban J connectivity index is 2.21. The first-order chi connectivity index (χ1) is 8.13. The summed E-state index contributed by atoms with van der Waals surface area (Å²) in [5.74, 6) is 0. The summed E-state index contributed by atoms with van der Waals surface area (Å²) in [5, 5.41) is 3.35. The van der Waals surface area contributed by atoms with E-state index in [-0.39, 0.29) is 11.7 Å². The van der Waals surface area contributed by atoms with Crippen LogP contribution < -0.4 is 5.32 Å². The molecular formula is C14H21NO2. The van der Waals surface area contributed by atoms with Crippen molar-refractivity contribution in [1.82, 2.24) is 5.32 Å². The molecule has 1 N–H and O–H groups in total. The van der Waals surface area contributed by atoms with Crippen LogP contribution >= 0.6 is 0 Å². The molecule has 2 rings (SSSR count). The van der Waals surface area contributed by atoms with E-state index in [9.17, 15) is 0 Å². The van der Waals surface area contributed by atoms with Crippen molar-refractivity contribution in [2.45, 2.75) is 25.6 Å². The maximum atomic E-state index is 5.76. The zero-order chi connectivity index (χ0) is 12.3. The molecule has 94 valence electrons. The molecule has 1 heterocycles. The first-order valence-corrected chi connectivity index (χ1v) is 6.11. The van der Waals surface area contributed by atoms with Crippen LogP contribution in [0.15, 0.2) is 24.3 Å². The Hall–Kier alpha value is -0.900. The summed E-state index contributed by atoms with van der Waals surface area (Å²) < 4.78 is 11.3. The summed E-state index contributed by atoms with van der Waals surface area (Å²) in [6.07, 6.45) is 0.163. The van der Waals surface area contributed by atoms with Crippen molar-refractivity contribution < 1.29 is 9.47 Å². The zero-order valence-electron chi connectivity index (χ0n) is 10.8. The SMILES string of the molecule is COC(C)(C)c1cccc(C2CNCCO2)c1. The fraction of sp³-hybridized carbons (Fsp3) is 0.571. The third-order valence-electron chi connectivity index (χ3n) is 3.39. The van der Waals surface area contributed by atoms with Crippen LogP contribution in [-0.2, 0) is 15.1 Å². The number of rotatable bonds is 3. The minimum atomic E-state index is -0.252. The van der Waals surface area contributed by atoms with Gasteiger partial charge in [-0.25, -0.2) is 0 Å². The fourth-order valence-electron chi connectivity index (χ4n) is 2.01. The van der Waals surface area contributed by atoms with Gasteiger partial charge in [0.25, 0.3) is 0 Å². The Bertz CT molecular complexity index is 370. The average Bonchev–Trinajstić information content (AvgIpc) is 2.40. The molecule has 1 unspecified atom stereocenters. The molecule has 1 aliphatic rings. The number of benzene rings is 1. The molecule has 0 saturated carbocycles. The van der Waals surface area contributed by atoms with Gasteiger partial charge in [-0.2, -0.15) is 0 Å². The average molecular weight is 235 g/mol. The summed E-state index contributed by atoms with van der Waals surface area (Å²) in [5.41, 5.74) is 2.16. The first kappa shape index (κ1) is 12.6. The molecule has 0 aromatic heterocycles. The zero-order valence-corrected chi connectivity index (χ0v) is 10.8. The van der Waals surface area contributed by atoms with E-state index in [4.69, 9.17) is 9.47 Å². The Kier molecular flexibility index (Phi) is 3.82. The fourth-order valence-corrected chi connectivity index (χ4v) is 2.01. The van der Waals surface area contributed by atoms with Gasteiger partial charge in [-0.1, -0.05) is 24.3 Å². The molecule has 1 fully saturated rings. The van der Waals surface area contributed by atoms with E-state index >= 15 is 0 Å². The van der Waals surface area contributed by atoms with Crippen LogP contribution in [0.2, 0.25) is 0 Å². The number of hydrogen-bond donors (Lipinski definition) is 1. The standard InChI is InChI=1S/C14H21NO2/c1-14(2,16-3)12-6-4-5-11(9-12)13-10-15-7-8-17-13/h4-6,9,13,15H,7-8,10H2,1-3H3. The molecule has 0 bridgehead atoms. The van der Waals surface area contributed by atoms with Crippen LogP contribution in [0.5, 0.6) is 0 Å². The van der Waals surface area contributed by atoms with E-state index in [1.54, 1.807) is 7.11 Å². The molecule has 3 heteroatoms. The van der Waals surface area contributed by atoms with Gasteiger partial charge in [0.2, 0.25) is 0 Å². The first-order valence-electron chi connectivity index (χ1n) is 6.11. The van der Waals surface area contributed by atoms with Crippen LogP contribution in [-0.4, -0.2) is 26.8 Å². The summed E-state index contributed by atoms with van der Waals surface area (Å²) in [7, 11) is 1.74.